The summed E-state index contributed by atoms with van der Waals surface area (Å²) in [5, 5.41) is 9.92. The number of nitrogens with zero attached hydrogens (tertiary/aromatic N) is 1. The van der Waals surface area contributed by atoms with Gasteiger partial charge >= 0.3 is 5.97 Å². The average molecular weight is 437 g/mol. The molecule has 2 aromatic rings. The van der Waals surface area contributed by atoms with Crippen molar-refractivity contribution in [1.82, 2.24) is 4.90 Å². The number of ether oxygens (including phenoxy) is 1. The molecule has 1 unspecified atom stereocenters. The van der Waals surface area contributed by atoms with E-state index in [1.54, 1.807) is 36.4 Å². The van der Waals surface area contributed by atoms with Crippen LogP contribution >= 0.6 is 23.2 Å². The first-order valence-electron chi connectivity index (χ1n) is 8.78. The number of carbonyl (C=O) groups excluding carboxylic acids is 2. The van der Waals surface area contributed by atoms with Crippen molar-refractivity contribution in [3.8, 4) is 5.75 Å². The molecule has 29 heavy (non-hydrogen) atoms. The number of fused-ring (bicyclic) bond motifs is 1. The average Bonchev–Trinajstić information content (AvgIpc) is 2.99. The van der Waals surface area contributed by atoms with Crippen molar-refractivity contribution in [2.24, 2.45) is 5.73 Å². The van der Waals surface area contributed by atoms with E-state index in [0.29, 0.717) is 32.5 Å². The zero-order valence-corrected chi connectivity index (χ0v) is 16.7. The highest BCUT2D eigenvalue weighted by atomic mass is 35.5. The van der Waals surface area contributed by atoms with Crippen LogP contribution in [0, 0.1) is 0 Å². The van der Waals surface area contributed by atoms with Gasteiger partial charge < -0.3 is 20.5 Å². The number of halogens is 2. The molecule has 1 atom stereocenters. The molecular weight excluding hydrogens is 419 g/mol. The van der Waals surface area contributed by atoms with E-state index in [1.165, 1.54) is 4.90 Å². The second-order valence-electron chi connectivity index (χ2n) is 6.59. The molecule has 0 spiro atoms. The van der Waals surface area contributed by atoms with Crippen molar-refractivity contribution in [3.63, 3.8) is 0 Å². The molecule has 0 fully saturated rings. The van der Waals surface area contributed by atoms with Gasteiger partial charge in [0.15, 0.2) is 0 Å². The molecule has 3 rings (SSSR count). The Kier molecular flexibility index (Phi) is 6.30. The lowest BCUT2D eigenvalue weighted by molar-refractivity contribution is -0.137. The summed E-state index contributed by atoms with van der Waals surface area (Å²) in [7, 11) is 0. The highest BCUT2D eigenvalue weighted by Crippen LogP contribution is 2.34. The Balaban J connectivity index is 1.81. The van der Waals surface area contributed by atoms with Crippen LogP contribution in [0.4, 0.5) is 0 Å². The van der Waals surface area contributed by atoms with E-state index in [1.807, 2.05) is 0 Å². The fourth-order valence-electron chi connectivity index (χ4n) is 3.23. The van der Waals surface area contributed by atoms with Gasteiger partial charge in [-0.2, -0.15) is 0 Å². The summed E-state index contributed by atoms with van der Waals surface area (Å²) in [5.74, 6) is -1.74. The van der Waals surface area contributed by atoms with E-state index in [4.69, 9.17) is 38.8 Å². The summed E-state index contributed by atoms with van der Waals surface area (Å²) < 4.78 is 5.87. The lowest BCUT2D eigenvalue weighted by Gasteiger charge is -2.24. The number of hydrogen-bond donors (Lipinski definition) is 2. The number of carboxylic acid groups (broad SMARTS) is 1. The minimum atomic E-state index is -1.07. The minimum Gasteiger partial charge on any atom is -0.488 e. The van der Waals surface area contributed by atoms with Crippen LogP contribution in [0.15, 0.2) is 36.4 Å². The number of amides is 2. The Morgan fingerprint density at radius 2 is 2.00 bits per heavy atom. The van der Waals surface area contributed by atoms with Gasteiger partial charge in [0.1, 0.15) is 18.4 Å². The van der Waals surface area contributed by atoms with Gasteiger partial charge in [0.2, 0.25) is 5.91 Å². The van der Waals surface area contributed by atoms with Crippen molar-refractivity contribution in [3.05, 3.63) is 63.1 Å². The molecule has 3 N–H and O–H groups in total. The zero-order chi connectivity index (χ0) is 21.1. The molecule has 2 aromatic carbocycles. The maximum Gasteiger partial charge on any atom is 0.303 e. The van der Waals surface area contributed by atoms with Gasteiger partial charge in [-0.3, -0.25) is 14.4 Å². The Labute approximate surface area is 177 Å². The second kappa shape index (κ2) is 8.71. The fraction of sp³-hybridized carbons (Fsp3) is 0.250. The lowest BCUT2D eigenvalue weighted by atomic mass is 10.1. The Morgan fingerprint density at radius 1 is 1.24 bits per heavy atom. The standard InChI is InChI=1S/C20H18Cl2N2O5/c21-12-4-5-15(22)11(8-12)10-29-17-3-1-2-13-14(17)9-24(20(13)28)16(19(23)27)6-7-18(25)26/h1-5,8,16H,6-7,9-10H2,(H2,23,27)(H,25,26). The monoisotopic (exact) mass is 436 g/mol. The predicted molar refractivity (Wildman–Crippen MR) is 107 cm³/mol. The molecule has 9 heteroatoms. The van der Waals surface area contributed by atoms with Gasteiger partial charge in [0.25, 0.3) is 5.91 Å². The third-order valence-electron chi connectivity index (χ3n) is 4.68. The van der Waals surface area contributed by atoms with Gasteiger partial charge in [-0.05, 0) is 36.8 Å². The summed E-state index contributed by atoms with van der Waals surface area (Å²) in [5.41, 5.74) is 7.11. The third kappa shape index (κ3) is 4.63. The van der Waals surface area contributed by atoms with Crippen molar-refractivity contribution >= 4 is 41.0 Å². The molecule has 0 radical (unpaired) electrons. The van der Waals surface area contributed by atoms with E-state index < -0.39 is 17.9 Å². The number of carboxylic acids is 1. The molecule has 0 aliphatic carbocycles. The first-order valence-corrected chi connectivity index (χ1v) is 9.54. The molecule has 0 aromatic heterocycles. The van der Waals surface area contributed by atoms with Gasteiger partial charge in [-0.25, -0.2) is 0 Å². The van der Waals surface area contributed by atoms with Crippen LogP contribution in [0.5, 0.6) is 5.75 Å². The van der Waals surface area contributed by atoms with Crippen molar-refractivity contribution < 1.29 is 24.2 Å². The summed E-state index contributed by atoms with van der Waals surface area (Å²) in [6.07, 6.45) is -0.330. The second-order valence-corrected chi connectivity index (χ2v) is 7.43. The Morgan fingerprint density at radius 3 is 2.69 bits per heavy atom. The van der Waals surface area contributed by atoms with Gasteiger partial charge in [0, 0.05) is 33.2 Å². The van der Waals surface area contributed by atoms with E-state index in [0.717, 1.165) is 0 Å². The highest BCUT2D eigenvalue weighted by Gasteiger charge is 2.37. The molecule has 152 valence electrons. The number of hydrogen-bond acceptors (Lipinski definition) is 4. The van der Waals surface area contributed by atoms with Crippen LogP contribution in [0.2, 0.25) is 10.0 Å². The number of carbonyl (C=O) groups is 3. The minimum absolute atomic E-state index is 0.0568. The first kappa shape index (κ1) is 21.0. The van der Waals surface area contributed by atoms with E-state index in [9.17, 15) is 14.4 Å². The van der Waals surface area contributed by atoms with Crippen LogP contribution < -0.4 is 10.5 Å². The molecule has 1 aliphatic heterocycles. The van der Waals surface area contributed by atoms with E-state index in [-0.39, 0.29) is 31.9 Å². The number of primary amides is 1. The maximum atomic E-state index is 12.8. The summed E-state index contributed by atoms with van der Waals surface area (Å²) in [6, 6.07) is 9.04. The van der Waals surface area contributed by atoms with Crippen LogP contribution in [0.3, 0.4) is 0 Å². The third-order valence-corrected chi connectivity index (χ3v) is 5.28. The molecule has 1 aliphatic rings. The number of benzene rings is 2. The van der Waals surface area contributed by atoms with Crippen LogP contribution in [0.25, 0.3) is 0 Å². The Bertz CT molecular complexity index is 979. The van der Waals surface area contributed by atoms with Crippen LogP contribution in [0.1, 0.15) is 34.3 Å². The smallest absolute Gasteiger partial charge is 0.303 e. The largest absolute Gasteiger partial charge is 0.488 e. The Hall–Kier alpha value is -2.77. The van der Waals surface area contributed by atoms with Crippen molar-refractivity contribution in [1.29, 1.82) is 0 Å². The molecule has 7 nitrogen and oxygen atoms in total. The molecule has 0 bridgehead atoms. The van der Waals surface area contributed by atoms with E-state index >= 15 is 0 Å². The number of aliphatic carboxylic acids is 1. The number of nitrogens with two attached hydrogens (primary N) is 1. The number of rotatable bonds is 8. The van der Waals surface area contributed by atoms with Crippen LogP contribution in [-0.2, 0) is 22.7 Å². The zero-order valence-electron chi connectivity index (χ0n) is 15.2. The van der Waals surface area contributed by atoms with Crippen LogP contribution in [-0.4, -0.2) is 33.8 Å². The summed E-state index contributed by atoms with van der Waals surface area (Å²) in [6.45, 7) is 0.239. The highest BCUT2D eigenvalue weighted by molar-refractivity contribution is 6.33. The molecular formula is C20H18Cl2N2O5. The van der Waals surface area contributed by atoms with Gasteiger partial charge in [-0.15, -0.1) is 0 Å². The molecule has 2 amide bonds. The quantitative estimate of drug-likeness (QED) is 0.659. The lowest BCUT2D eigenvalue weighted by Crippen LogP contribution is -2.45. The van der Waals surface area contributed by atoms with E-state index in [2.05, 4.69) is 0 Å². The summed E-state index contributed by atoms with van der Waals surface area (Å²) in [4.78, 5) is 36.8. The molecule has 0 saturated heterocycles. The van der Waals surface area contributed by atoms with Gasteiger partial charge in [-0.1, -0.05) is 29.3 Å². The first-order chi connectivity index (χ1) is 13.8. The maximum absolute atomic E-state index is 12.8. The molecule has 1 heterocycles. The molecule has 0 saturated carbocycles. The summed E-state index contributed by atoms with van der Waals surface area (Å²) >= 11 is 12.2. The van der Waals surface area contributed by atoms with Crippen molar-refractivity contribution in [2.45, 2.75) is 32.0 Å². The fourth-order valence-corrected chi connectivity index (χ4v) is 3.60. The predicted octanol–water partition coefficient (Wildman–Crippen LogP) is 3.25. The topological polar surface area (TPSA) is 110 Å². The SMILES string of the molecule is NC(=O)C(CCC(=O)O)N1Cc2c(OCc3cc(Cl)ccc3Cl)cccc2C1=O. The normalized spacial score (nSPS) is 13.9. The van der Waals surface area contributed by atoms with Crippen molar-refractivity contribution in [2.75, 3.05) is 0 Å². The van der Waals surface area contributed by atoms with Gasteiger partial charge in [0.05, 0.1) is 6.54 Å².